The summed E-state index contributed by atoms with van der Waals surface area (Å²) in [6, 6.07) is 0. The average molecular weight is 130 g/mol. The minimum absolute atomic E-state index is 0.289. The first-order valence-corrected chi connectivity index (χ1v) is 3.38. The van der Waals surface area contributed by atoms with Crippen LogP contribution in [0.5, 0.6) is 0 Å². The number of ether oxygens (including phenoxy) is 1. The molecule has 0 radical (unpaired) electrons. The zero-order valence-electron chi connectivity index (χ0n) is 5.61. The van der Waals surface area contributed by atoms with Crippen LogP contribution in [0.4, 0.5) is 4.39 Å². The number of halogens is 1. The lowest BCUT2D eigenvalue weighted by Crippen LogP contribution is -2.44. The molecule has 3 rings (SSSR count). The van der Waals surface area contributed by atoms with Gasteiger partial charge in [0.1, 0.15) is 6.67 Å². The van der Waals surface area contributed by atoms with Crippen LogP contribution in [0.2, 0.25) is 0 Å². The lowest BCUT2D eigenvalue weighted by Gasteiger charge is -2.40. The fourth-order valence-electron chi connectivity index (χ4n) is 2.17. The Morgan fingerprint density at radius 3 is 2.44 bits per heavy atom. The van der Waals surface area contributed by atoms with Gasteiger partial charge in [-0.05, 0) is 18.3 Å². The van der Waals surface area contributed by atoms with Gasteiger partial charge in [0, 0.05) is 0 Å². The minimum atomic E-state index is -0.325. The van der Waals surface area contributed by atoms with Crippen LogP contribution in [-0.2, 0) is 4.74 Å². The SMILES string of the molecule is CC12COC(CF)(C1)C2. The molecular formula is C7H11FO. The van der Waals surface area contributed by atoms with Gasteiger partial charge in [-0.15, -0.1) is 0 Å². The van der Waals surface area contributed by atoms with Crippen molar-refractivity contribution in [2.45, 2.75) is 25.4 Å². The van der Waals surface area contributed by atoms with Gasteiger partial charge in [-0.1, -0.05) is 6.92 Å². The molecular weight excluding hydrogens is 119 g/mol. The third kappa shape index (κ3) is 0.571. The van der Waals surface area contributed by atoms with E-state index in [1.807, 2.05) is 0 Å². The van der Waals surface area contributed by atoms with Gasteiger partial charge in [-0.3, -0.25) is 0 Å². The molecule has 0 aromatic heterocycles. The summed E-state index contributed by atoms with van der Waals surface area (Å²) in [6.45, 7) is 2.65. The Morgan fingerprint density at radius 2 is 2.22 bits per heavy atom. The van der Waals surface area contributed by atoms with Crippen molar-refractivity contribution in [3.63, 3.8) is 0 Å². The molecule has 0 atom stereocenters. The number of hydrogen-bond donors (Lipinski definition) is 0. The van der Waals surface area contributed by atoms with Crippen molar-refractivity contribution in [1.82, 2.24) is 0 Å². The Balaban J connectivity index is 2.12. The summed E-state index contributed by atoms with van der Waals surface area (Å²) in [5.74, 6) is 0. The molecule has 1 nitrogen and oxygen atoms in total. The van der Waals surface area contributed by atoms with E-state index >= 15 is 0 Å². The van der Waals surface area contributed by atoms with E-state index in [9.17, 15) is 4.39 Å². The number of rotatable bonds is 1. The molecule has 0 aromatic rings. The smallest absolute Gasteiger partial charge is 0.118 e. The number of alkyl halides is 1. The van der Waals surface area contributed by atoms with Gasteiger partial charge < -0.3 is 4.74 Å². The molecule has 3 fully saturated rings. The summed E-state index contributed by atoms with van der Waals surface area (Å²) in [5, 5.41) is 0. The number of fused-ring (bicyclic) bond motifs is 1. The van der Waals surface area contributed by atoms with Gasteiger partial charge in [0.05, 0.1) is 12.2 Å². The molecule has 2 bridgehead atoms. The second-order valence-electron chi connectivity index (χ2n) is 3.77. The van der Waals surface area contributed by atoms with Crippen molar-refractivity contribution in [2.24, 2.45) is 5.41 Å². The molecule has 0 N–H and O–H groups in total. The first-order chi connectivity index (χ1) is 4.18. The van der Waals surface area contributed by atoms with Gasteiger partial charge >= 0.3 is 0 Å². The van der Waals surface area contributed by atoms with E-state index < -0.39 is 0 Å². The molecule has 2 saturated heterocycles. The normalized spacial score (nSPS) is 55.3. The van der Waals surface area contributed by atoms with Crippen LogP contribution in [0.3, 0.4) is 0 Å². The van der Waals surface area contributed by atoms with Crippen molar-refractivity contribution < 1.29 is 9.13 Å². The molecule has 0 aromatic carbocycles. The molecule has 52 valence electrons. The summed E-state index contributed by atoms with van der Waals surface area (Å²) in [6.07, 6.45) is 1.88. The third-order valence-electron chi connectivity index (χ3n) is 2.47. The zero-order valence-corrected chi connectivity index (χ0v) is 5.61. The molecule has 3 aliphatic rings. The molecule has 9 heavy (non-hydrogen) atoms. The van der Waals surface area contributed by atoms with Gasteiger partial charge in [-0.25, -0.2) is 4.39 Å². The predicted octanol–water partition coefficient (Wildman–Crippen LogP) is 1.52. The molecule has 0 amide bonds. The highest BCUT2D eigenvalue weighted by molar-refractivity contribution is 5.08. The Hall–Kier alpha value is -0.110. The van der Waals surface area contributed by atoms with E-state index in [2.05, 4.69) is 6.92 Å². The zero-order chi connectivity index (χ0) is 6.54. The van der Waals surface area contributed by atoms with Crippen molar-refractivity contribution in [3.05, 3.63) is 0 Å². The van der Waals surface area contributed by atoms with Crippen LogP contribution < -0.4 is 0 Å². The molecule has 0 spiro atoms. The molecule has 2 heteroatoms. The Labute approximate surface area is 54.2 Å². The molecule has 2 heterocycles. The quantitative estimate of drug-likeness (QED) is 0.523. The highest BCUT2D eigenvalue weighted by Gasteiger charge is 2.59. The van der Waals surface area contributed by atoms with Crippen molar-refractivity contribution in [2.75, 3.05) is 13.3 Å². The van der Waals surface area contributed by atoms with Gasteiger partial charge in [0.2, 0.25) is 0 Å². The van der Waals surface area contributed by atoms with Crippen molar-refractivity contribution in [3.8, 4) is 0 Å². The first-order valence-electron chi connectivity index (χ1n) is 3.38. The fraction of sp³-hybridized carbons (Fsp3) is 1.00. The van der Waals surface area contributed by atoms with E-state index in [0.29, 0.717) is 5.41 Å². The fourth-order valence-corrected chi connectivity index (χ4v) is 2.17. The summed E-state index contributed by atoms with van der Waals surface area (Å²) in [7, 11) is 0. The summed E-state index contributed by atoms with van der Waals surface area (Å²) in [5.41, 5.74) is 0.0147. The standard InChI is InChI=1S/C7H11FO/c1-6-2-7(3-6,4-8)9-5-6/h2-5H2,1H3. The monoisotopic (exact) mass is 130 g/mol. The lowest BCUT2D eigenvalue weighted by molar-refractivity contribution is -0.0312. The second kappa shape index (κ2) is 1.31. The lowest BCUT2D eigenvalue weighted by atomic mass is 9.64. The minimum Gasteiger partial charge on any atom is -0.372 e. The maximum Gasteiger partial charge on any atom is 0.118 e. The summed E-state index contributed by atoms with van der Waals surface area (Å²) in [4.78, 5) is 0. The van der Waals surface area contributed by atoms with Crippen molar-refractivity contribution in [1.29, 1.82) is 0 Å². The van der Waals surface area contributed by atoms with E-state index in [1.54, 1.807) is 0 Å². The van der Waals surface area contributed by atoms with Gasteiger partial charge in [0.25, 0.3) is 0 Å². The number of hydrogen-bond acceptors (Lipinski definition) is 1. The van der Waals surface area contributed by atoms with Gasteiger partial charge in [0.15, 0.2) is 0 Å². The maximum absolute atomic E-state index is 12.2. The van der Waals surface area contributed by atoms with E-state index in [-0.39, 0.29) is 12.3 Å². The first kappa shape index (κ1) is 5.66. The third-order valence-corrected chi connectivity index (χ3v) is 2.47. The molecule has 0 unspecified atom stereocenters. The van der Waals surface area contributed by atoms with Crippen LogP contribution in [-0.4, -0.2) is 18.9 Å². The Kier molecular flexibility index (Phi) is 0.825. The van der Waals surface area contributed by atoms with E-state index in [1.165, 1.54) is 0 Å². The average Bonchev–Trinajstić information content (AvgIpc) is 2.20. The second-order valence-corrected chi connectivity index (χ2v) is 3.77. The molecule has 2 aliphatic heterocycles. The maximum atomic E-state index is 12.2. The van der Waals surface area contributed by atoms with E-state index in [0.717, 1.165) is 19.4 Å². The highest BCUT2D eigenvalue weighted by atomic mass is 19.1. The van der Waals surface area contributed by atoms with Crippen LogP contribution in [0.1, 0.15) is 19.8 Å². The Bertz CT molecular complexity index is 138. The van der Waals surface area contributed by atoms with Gasteiger partial charge in [-0.2, -0.15) is 0 Å². The summed E-state index contributed by atoms with van der Waals surface area (Å²) < 4.78 is 17.5. The van der Waals surface area contributed by atoms with Crippen LogP contribution in [0.15, 0.2) is 0 Å². The molecule has 1 aliphatic carbocycles. The predicted molar refractivity (Wildman–Crippen MR) is 32.0 cm³/mol. The highest BCUT2D eigenvalue weighted by Crippen LogP contribution is 2.57. The summed E-state index contributed by atoms with van der Waals surface area (Å²) >= 11 is 0. The topological polar surface area (TPSA) is 9.23 Å². The van der Waals surface area contributed by atoms with E-state index in [4.69, 9.17) is 4.74 Å². The van der Waals surface area contributed by atoms with Crippen LogP contribution in [0, 0.1) is 5.41 Å². The van der Waals surface area contributed by atoms with Crippen LogP contribution >= 0.6 is 0 Å². The Morgan fingerprint density at radius 1 is 1.56 bits per heavy atom. The largest absolute Gasteiger partial charge is 0.372 e. The van der Waals surface area contributed by atoms with Crippen LogP contribution in [0.25, 0.3) is 0 Å². The van der Waals surface area contributed by atoms with Crippen molar-refractivity contribution >= 4 is 0 Å². The molecule has 1 saturated carbocycles.